The summed E-state index contributed by atoms with van der Waals surface area (Å²) in [5.74, 6) is 0. The highest BCUT2D eigenvalue weighted by Crippen LogP contribution is 2.41. The van der Waals surface area contributed by atoms with Crippen LogP contribution in [0.25, 0.3) is 76.5 Å². The van der Waals surface area contributed by atoms with Crippen LogP contribution in [0.15, 0.2) is 192 Å². The summed E-state index contributed by atoms with van der Waals surface area (Å²) in [6, 6.07) is 67.4. The highest BCUT2D eigenvalue weighted by molar-refractivity contribution is 6.23. The lowest BCUT2D eigenvalue weighted by atomic mass is 9.91. The van der Waals surface area contributed by atoms with Crippen LogP contribution in [0, 0.1) is 0 Å². The lowest BCUT2D eigenvalue weighted by molar-refractivity contribution is 0.670. The van der Waals surface area contributed by atoms with Gasteiger partial charge in [-0.3, -0.25) is 0 Å². The maximum atomic E-state index is 6.36. The summed E-state index contributed by atoms with van der Waals surface area (Å²) in [7, 11) is 0. The van der Waals surface area contributed by atoms with Crippen LogP contribution in [0.1, 0.15) is 0 Å². The molecule has 0 aliphatic rings. The average molecular weight is 638 g/mol. The summed E-state index contributed by atoms with van der Waals surface area (Å²) in [5, 5.41) is 9.96. The molecule has 0 aliphatic carbocycles. The third-order valence-corrected chi connectivity index (χ3v) is 10.0. The molecule has 0 aliphatic heterocycles. The van der Waals surface area contributed by atoms with Gasteiger partial charge in [-0.25, -0.2) is 0 Å². The molecule has 10 aromatic rings. The van der Waals surface area contributed by atoms with Crippen molar-refractivity contribution in [1.82, 2.24) is 0 Å². The molecular formula is C48H31NO. The molecule has 0 fully saturated rings. The van der Waals surface area contributed by atoms with Gasteiger partial charge < -0.3 is 9.32 Å². The molecular weight excluding hydrogens is 607 g/mol. The molecule has 2 heteroatoms. The molecule has 9 aromatic carbocycles. The van der Waals surface area contributed by atoms with E-state index in [4.69, 9.17) is 4.42 Å². The van der Waals surface area contributed by atoms with Crippen LogP contribution < -0.4 is 4.90 Å². The zero-order valence-electron chi connectivity index (χ0n) is 27.3. The molecule has 0 atom stereocenters. The van der Waals surface area contributed by atoms with Gasteiger partial charge in [0.05, 0.1) is 0 Å². The van der Waals surface area contributed by atoms with E-state index in [9.17, 15) is 0 Å². The van der Waals surface area contributed by atoms with Crippen molar-refractivity contribution in [3.8, 4) is 22.3 Å². The number of para-hydroxylation sites is 3. The van der Waals surface area contributed by atoms with Crippen molar-refractivity contribution in [2.24, 2.45) is 0 Å². The van der Waals surface area contributed by atoms with Gasteiger partial charge in [0.25, 0.3) is 0 Å². The number of rotatable bonds is 5. The van der Waals surface area contributed by atoms with E-state index in [1.807, 2.05) is 12.1 Å². The topological polar surface area (TPSA) is 16.4 Å². The van der Waals surface area contributed by atoms with Gasteiger partial charge in [0.2, 0.25) is 0 Å². The SMILES string of the molecule is c1ccc(N(c2ccc(-c3cc4ccc5ccccc5c4c4ccccc34)cc2)c2ccc(-c3cccc4c3oc3ccccc34)cc2)cc1. The van der Waals surface area contributed by atoms with Crippen molar-refractivity contribution < 1.29 is 4.42 Å². The minimum absolute atomic E-state index is 0.912. The molecule has 0 saturated heterocycles. The summed E-state index contributed by atoms with van der Waals surface area (Å²) in [6.45, 7) is 0. The number of anilines is 3. The first-order valence-corrected chi connectivity index (χ1v) is 17.1. The second-order valence-electron chi connectivity index (χ2n) is 12.9. The van der Waals surface area contributed by atoms with Gasteiger partial charge in [0, 0.05) is 33.4 Å². The van der Waals surface area contributed by atoms with E-state index in [0.29, 0.717) is 0 Å². The fourth-order valence-corrected chi connectivity index (χ4v) is 7.70. The van der Waals surface area contributed by atoms with Gasteiger partial charge in [-0.2, -0.15) is 0 Å². The van der Waals surface area contributed by atoms with Crippen LogP contribution >= 0.6 is 0 Å². The zero-order valence-corrected chi connectivity index (χ0v) is 27.3. The van der Waals surface area contributed by atoms with Crippen molar-refractivity contribution in [1.29, 1.82) is 0 Å². The molecule has 0 N–H and O–H groups in total. The second-order valence-corrected chi connectivity index (χ2v) is 12.9. The molecule has 0 spiro atoms. The first-order valence-electron chi connectivity index (χ1n) is 17.1. The van der Waals surface area contributed by atoms with Gasteiger partial charge in [-0.1, -0.05) is 140 Å². The highest BCUT2D eigenvalue weighted by Gasteiger charge is 2.16. The Morgan fingerprint density at radius 1 is 0.340 bits per heavy atom. The molecule has 0 saturated carbocycles. The maximum Gasteiger partial charge on any atom is 0.143 e. The third kappa shape index (κ3) is 4.57. The molecule has 50 heavy (non-hydrogen) atoms. The number of hydrogen-bond donors (Lipinski definition) is 0. The van der Waals surface area contributed by atoms with Crippen molar-refractivity contribution in [3.05, 3.63) is 188 Å². The van der Waals surface area contributed by atoms with Crippen molar-refractivity contribution in [2.75, 3.05) is 4.90 Å². The Labute approximate surface area is 290 Å². The Kier molecular flexibility index (Phi) is 6.53. The molecule has 0 bridgehead atoms. The molecule has 0 amide bonds. The maximum absolute atomic E-state index is 6.36. The van der Waals surface area contributed by atoms with Crippen LogP contribution in [-0.4, -0.2) is 0 Å². The van der Waals surface area contributed by atoms with E-state index in [2.05, 4.69) is 181 Å². The summed E-state index contributed by atoms with van der Waals surface area (Å²) >= 11 is 0. The molecule has 234 valence electrons. The van der Waals surface area contributed by atoms with Crippen molar-refractivity contribution in [2.45, 2.75) is 0 Å². The first kappa shape index (κ1) is 28.4. The van der Waals surface area contributed by atoms with Gasteiger partial charge in [0.1, 0.15) is 11.2 Å². The minimum Gasteiger partial charge on any atom is -0.455 e. The predicted octanol–water partition coefficient (Wildman–Crippen LogP) is 13.8. The fraction of sp³-hybridized carbons (Fsp3) is 0. The normalized spacial score (nSPS) is 11.6. The highest BCUT2D eigenvalue weighted by atomic mass is 16.3. The van der Waals surface area contributed by atoms with Gasteiger partial charge in [0.15, 0.2) is 0 Å². The Bertz CT molecular complexity index is 2850. The number of furan rings is 1. The van der Waals surface area contributed by atoms with Crippen LogP contribution in [0.5, 0.6) is 0 Å². The van der Waals surface area contributed by atoms with Gasteiger partial charge in [-0.05, 0) is 97.5 Å². The van der Waals surface area contributed by atoms with E-state index in [-0.39, 0.29) is 0 Å². The lowest BCUT2D eigenvalue weighted by Gasteiger charge is -2.26. The van der Waals surface area contributed by atoms with Crippen LogP contribution in [-0.2, 0) is 0 Å². The molecule has 1 heterocycles. The zero-order chi connectivity index (χ0) is 33.0. The lowest BCUT2D eigenvalue weighted by Crippen LogP contribution is -2.09. The van der Waals surface area contributed by atoms with E-state index in [1.54, 1.807) is 0 Å². The largest absolute Gasteiger partial charge is 0.455 e. The average Bonchev–Trinajstić information content (AvgIpc) is 3.58. The molecule has 0 unspecified atom stereocenters. The molecule has 1 aromatic heterocycles. The Morgan fingerprint density at radius 3 is 1.66 bits per heavy atom. The molecule has 0 radical (unpaired) electrons. The Hall–Kier alpha value is -6.64. The second kappa shape index (κ2) is 11.5. The van der Waals surface area contributed by atoms with Crippen LogP contribution in [0.4, 0.5) is 17.1 Å². The van der Waals surface area contributed by atoms with Gasteiger partial charge in [-0.15, -0.1) is 0 Å². The number of benzene rings is 9. The monoisotopic (exact) mass is 637 g/mol. The minimum atomic E-state index is 0.912. The fourth-order valence-electron chi connectivity index (χ4n) is 7.70. The smallest absolute Gasteiger partial charge is 0.143 e. The summed E-state index contributed by atoms with van der Waals surface area (Å²) < 4.78 is 6.36. The van der Waals surface area contributed by atoms with E-state index >= 15 is 0 Å². The van der Waals surface area contributed by atoms with E-state index in [0.717, 1.165) is 50.1 Å². The van der Waals surface area contributed by atoms with Crippen LogP contribution in [0.2, 0.25) is 0 Å². The number of nitrogens with zero attached hydrogens (tertiary/aromatic N) is 1. The van der Waals surface area contributed by atoms with Crippen LogP contribution in [0.3, 0.4) is 0 Å². The quantitative estimate of drug-likeness (QED) is 0.175. The summed E-state index contributed by atoms with van der Waals surface area (Å²) in [4.78, 5) is 2.32. The first-order chi connectivity index (χ1) is 24.8. The standard InChI is InChI=1S/C48H31NO/c1-2-12-36(13-3-1)49(37-27-23-33(24-28-37)40-18-10-19-44-42-16-8-9-20-46(42)50-48(40)44)38-29-25-34(26-30-38)45-31-35-22-21-32-11-4-5-14-39(32)47(35)43-17-7-6-15-41(43)45/h1-31H. The Balaban J connectivity index is 1.06. The summed E-state index contributed by atoms with van der Waals surface area (Å²) in [6.07, 6.45) is 0. The van der Waals surface area contributed by atoms with Gasteiger partial charge >= 0.3 is 0 Å². The Morgan fingerprint density at radius 2 is 0.900 bits per heavy atom. The third-order valence-electron chi connectivity index (χ3n) is 10.0. The van der Waals surface area contributed by atoms with Crippen molar-refractivity contribution >= 4 is 71.3 Å². The predicted molar refractivity (Wildman–Crippen MR) is 212 cm³/mol. The van der Waals surface area contributed by atoms with E-state index < -0.39 is 0 Å². The number of hydrogen-bond acceptors (Lipinski definition) is 2. The number of fused-ring (bicyclic) bond motifs is 8. The van der Waals surface area contributed by atoms with E-state index in [1.165, 1.54) is 43.4 Å². The molecule has 2 nitrogen and oxygen atoms in total. The summed E-state index contributed by atoms with van der Waals surface area (Å²) in [5.41, 5.74) is 9.79. The van der Waals surface area contributed by atoms with Crippen molar-refractivity contribution in [3.63, 3.8) is 0 Å². The molecule has 10 rings (SSSR count).